The van der Waals surface area contributed by atoms with E-state index < -0.39 is 0 Å². The summed E-state index contributed by atoms with van der Waals surface area (Å²) in [5.74, 6) is -0.293. The van der Waals surface area contributed by atoms with Crippen LogP contribution in [0.5, 0.6) is 0 Å². The Labute approximate surface area is 77.7 Å². The number of hydrogen-bond acceptors (Lipinski definition) is 3. The zero-order valence-electron chi connectivity index (χ0n) is 7.79. The van der Waals surface area contributed by atoms with Crippen molar-refractivity contribution >= 4 is 5.97 Å². The molecule has 1 aliphatic carbocycles. The van der Waals surface area contributed by atoms with Gasteiger partial charge in [0.05, 0.1) is 12.2 Å². The summed E-state index contributed by atoms with van der Waals surface area (Å²) >= 11 is 0. The summed E-state index contributed by atoms with van der Waals surface area (Å²) in [5.41, 5.74) is 0.460. The Hall–Kier alpha value is -0.830. The van der Waals surface area contributed by atoms with E-state index in [0.717, 1.165) is 19.3 Å². The maximum atomic E-state index is 11.2. The van der Waals surface area contributed by atoms with Crippen LogP contribution in [0.15, 0.2) is 12.2 Å². The van der Waals surface area contributed by atoms with Crippen LogP contribution in [0.1, 0.15) is 26.2 Å². The predicted molar refractivity (Wildman–Crippen MR) is 47.2 cm³/mol. The first-order valence-electron chi connectivity index (χ1n) is 4.69. The van der Waals surface area contributed by atoms with Crippen molar-refractivity contribution in [2.45, 2.75) is 44.5 Å². The highest BCUT2D eigenvalue weighted by Gasteiger charge is 2.43. The van der Waals surface area contributed by atoms with E-state index in [9.17, 15) is 4.79 Å². The highest BCUT2D eigenvalue weighted by Crippen LogP contribution is 2.36. The van der Waals surface area contributed by atoms with E-state index in [1.165, 1.54) is 0 Å². The van der Waals surface area contributed by atoms with Gasteiger partial charge in [0, 0.05) is 12.0 Å². The number of rotatable bonds is 2. The van der Waals surface area contributed by atoms with Crippen LogP contribution < -0.4 is 0 Å². The molecule has 3 atom stereocenters. The van der Waals surface area contributed by atoms with Crippen molar-refractivity contribution in [3.8, 4) is 0 Å². The number of hydrogen-bond donors (Lipinski definition) is 0. The standard InChI is InChI=1S/C10H14O3/c1-6(2)10(11)13-8-4-3-7-5-9(8)12-7/h7-9H,1,3-5H2,2H3. The van der Waals surface area contributed by atoms with Gasteiger partial charge in [0.15, 0.2) is 0 Å². The van der Waals surface area contributed by atoms with Gasteiger partial charge < -0.3 is 9.47 Å². The van der Waals surface area contributed by atoms with Crippen LogP contribution in [0, 0.1) is 0 Å². The van der Waals surface area contributed by atoms with Crippen molar-refractivity contribution in [3.05, 3.63) is 12.2 Å². The Morgan fingerprint density at radius 3 is 2.69 bits per heavy atom. The van der Waals surface area contributed by atoms with Crippen LogP contribution >= 0.6 is 0 Å². The lowest BCUT2D eigenvalue weighted by Gasteiger charge is -2.45. The SMILES string of the molecule is C=C(C)C(=O)OC1CCC2CC1O2. The predicted octanol–water partition coefficient (Wildman–Crippen LogP) is 1.43. The molecule has 0 spiro atoms. The van der Waals surface area contributed by atoms with Gasteiger partial charge in [0.25, 0.3) is 0 Å². The molecule has 3 rings (SSSR count). The smallest absolute Gasteiger partial charge is 0.333 e. The molecular weight excluding hydrogens is 168 g/mol. The third-order valence-corrected chi connectivity index (χ3v) is 2.66. The maximum absolute atomic E-state index is 11.2. The topological polar surface area (TPSA) is 35.5 Å². The van der Waals surface area contributed by atoms with E-state index in [0.29, 0.717) is 11.7 Å². The summed E-state index contributed by atoms with van der Waals surface area (Å²) in [4.78, 5) is 11.2. The van der Waals surface area contributed by atoms with Crippen LogP contribution in [0.3, 0.4) is 0 Å². The van der Waals surface area contributed by atoms with Gasteiger partial charge in [0.2, 0.25) is 0 Å². The molecule has 0 N–H and O–H groups in total. The summed E-state index contributed by atoms with van der Waals surface area (Å²) in [5, 5.41) is 0. The van der Waals surface area contributed by atoms with E-state index in [1.807, 2.05) is 0 Å². The molecule has 2 saturated heterocycles. The fraction of sp³-hybridized carbons (Fsp3) is 0.700. The minimum absolute atomic E-state index is 0.0331. The van der Waals surface area contributed by atoms with Crippen LogP contribution in [0.4, 0.5) is 0 Å². The van der Waals surface area contributed by atoms with E-state index in [-0.39, 0.29) is 18.2 Å². The zero-order chi connectivity index (χ0) is 9.42. The normalized spacial score (nSPS) is 36.2. The van der Waals surface area contributed by atoms with Crippen LogP contribution in [-0.4, -0.2) is 24.3 Å². The lowest BCUT2D eigenvalue weighted by atomic mass is 9.86. The molecule has 3 nitrogen and oxygen atoms in total. The van der Waals surface area contributed by atoms with Crippen molar-refractivity contribution in [3.63, 3.8) is 0 Å². The molecule has 0 aromatic rings. The van der Waals surface area contributed by atoms with Gasteiger partial charge in [-0.05, 0) is 19.8 Å². The largest absolute Gasteiger partial charge is 0.456 e. The van der Waals surface area contributed by atoms with E-state index in [4.69, 9.17) is 9.47 Å². The Morgan fingerprint density at radius 1 is 1.54 bits per heavy atom. The highest BCUT2D eigenvalue weighted by atomic mass is 16.6. The van der Waals surface area contributed by atoms with Gasteiger partial charge in [-0.1, -0.05) is 6.58 Å². The molecule has 3 unspecified atom stereocenters. The third-order valence-electron chi connectivity index (χ3n) is 2.66. The van der Waals surface area contributed by atoms with Gasteiger partial charge in [-0.2, -0.15) is 0 Å². The van der Waals surface area contributed by atoms with Gasteiger partial charge in [-0.3, -0.25) is 0 Å². The van der Waals surface area contributed by atoms with Gasteiger partial charge in [0.1, 0.15) is 6.10 Å². The summed E-state index contributed by atoms with van der Waals surface area (Å²) in [6.07, 6.45) is 3.56. The second-order valence-electron chi connectivity index (χ2n) is 3.83. The van der Waals surface area contributed by atoms with Crippen LogP contribution in [0.25, 0.3) is 0 Å². The molecule has 0 radical (unpaired) electrons. The lowest BCUT2D eigenvalue weighted by molar-refractivity contribution is -0.218. The Kier molecular flexibility index (Phi) is 2.12. The van der Waals surface area contributed by atoms with Crippen molar-refractivity contribution < 1.29 is 14.3 Å². The van der Waals surface area contributed by atoms with Crippen molar-refractivity contribution in [2.75, 3.05) is 0 Å². The first-order valence-corrected chi connectivity index (χ1v) is 4.69. The Bertz CT molecular complexity index is 238. The number of ether oxygens (including phenoxy) is 2. The second kappa shape index (κ2) is 3.14. The molecule has 3 heteroatoms. The van der Waals surface area contributed by atoms with Crippen molar-refractivity contribution in [1.82, 2.24) is 0 Å². The molecule has 13 heavy (non-hydrogen) atoms. The summed E-state index contributed by atoms with van der Waals surface area (Å²) < 4.78 is 10.7. The second-order valence-corrected chi connectivity index (χ2v) is 3.83. The summed E-state index contributed by atoms with van der Waals surface area (Å²) in [6.45, 7) is 5.21. The minimum Gasteiger partial charge on any atom is -0.456 e. The first-order chi connectivity index (χ1) is 6.16. The number of esters is 1. The van der Waals surface area contributed by atoms with Crippen LogP contribution in [0.2, 0.25) is 0 Å². The fourth-order valence-corrected chi connectivity index (χ4v) is 1.83. The van der Waals surface area contributed by atoms with Gasteiger partial charge in [-0.15, -0.1) is 0 Å². The quantitative estimate of drug-likeness (QED) is 0.478. The van der Waals surface area contributed by atoms with Crippen molar-refractivity contribution in [2.24, 2.45) is 0 Å². The summed E-state index contributed by atoms with van der Waals surface area (Å²) in [7, 11) is 0. The maximum Gasteiger partial charge on any atom is 0.333 e. The van der Waals surface area contributed by atoms with Crippen molar-refractivity contribution in [1.29, 1.82) is 0 Å². The molecule has 1 saturated carbocycles. The van der Waals surface area contributed by atoms with Crippen LogP contribution in [-0.2, 0) is 14.3 Å². The molecule has 3 fully saturated rings. The lowest BCUT2D eigenvalue weighted by Crippen LogP contribution is -2.52. The Balaban J connectivity index is 1.87. The third kappa shape index (κ3) is 1.61. The summed E-state index contributed by atoms with van der Waals surface area (Å²) in [6, 6.07) is 0. The van der Waals surface area contributed by atoms with E-state index in [1.54, 1.807) is 6.92 Å². The zero-order valence-corrected chi connectivity index (χ0v) is 7.79. The molecular formula is C10H14O3. The molecule has 2 heterocycles. The van der Waals surface area contributed by atoms with Gasteiger partial charge >= 0.3 is 5.97 Å². The monoisotopic (exact) mass is 182 g/mol. The average molecular weight is 182 g/mol. The molecule has 3 aliphatic rings. The fourth-order valence-electron chi connectivity index (χ4n) is 1.83. The molecule has 2 aliphatic heterocycles. The molecule has 0 amide bonds. The molecule has 2 bridgehead atoms. The minimum atomic E-state index is -0.293. The average Bonchev–Trinajstić information content (AvgIpc) is 2.02. The number of fused-ring (bicyclic) bond motifs is 2. The number of carbonyl (C=O) groups is 1. The molecule has 0 aromatic heterocycles. The van der Waals surface area contributed by atoms with Gasteiger partial charge in [-0.25, -0.2) is 4.79 Å². The first kappa shape index (κ1) is 8.75. The molecule has 0 aromatic carbocycles. The van der Waals surface area contributed by atoms with E-state index >= 15 is 0 Å². The highest BCUT2D eigenvalue weighted by molar-refractivity contribution is 5.87. The molecule has 72 valence electrons. The van der Waals surface area contributed by atoms with E-state index in [2.05, 4.69) is 6.58 Å². The number of carbonyl (C=O) groups excluding carboxylic acids is 1. The Morgan fingerprint density at radius 2 is 2.23 bits per heavy atom.